The summed E-state index contributed by atoms with van der Waals surface area (Å²) in [5.74, 6) is -0.261. The Bertz CT molecular complexity index is 844. The number of aromatic nitrogens is 3. The maximum Gasteiger partial charge on any atom is 0.254 e. The van der Waals surface area contributed by atoms with E-state index in [1.807, 2.05) is 35.7 Å². The molecule has 0 unspecified atom stereocenters. The summed E-state index contributed by atoms with van der Waals surface area (Å²) in [5, 5.41) is 4.65. The van der Waals surface area contributed by atoms with Gasteiger partial charge in [-0.1, -0.05) is 12.1 Å². The van der Waals surface area contributed by atoms with Crippen molar-refractivity contribution < 1.29 is 4.79 Å². The molecule has 3 rings (SSSR count). The van der Waals surface area contributed by atoms with Crippen LogP contribution < -0.4 is 10.9 Å². The highest BCUT2D eigenvalue weighted by Gasteiger charge is 2.07. The van der Waals surface area contributed by atoms with Crippen molar-refractivity contribution >= 4 is 17.2 Å². The molecule has 0 atom stereocenters. The number of amides is 1. The van der Waals surface area contributed by atoms with Crippen LogP contribution in [0, 0.1) is 0 Å². The lowest BCUT2D eigenvalue weighted by Gasteiger charge is -2.07. The predicted molar refractivity (Wildman–Crippen MR) is 87.9 cm³/mol. The largest absolute Gasteiger partial charge is 0.349 e. The number of pyridine rings is 1. The normalized spacial score (nSPS) is 10.4. The van der Waals surface area contributed by atoms with Gasteiger partial charge in [-0.15, -0.1) is 11.3 Å². The molecule has 3 aromatic heterocycles. The second kappa shape index (κ2) is 6.97. The number of rotatable bonds is 5. The molecule has 0 saturated carbocycles. The number of thiophene rings is 1. The van der Waals surface area contributed by atoms with E-state index in [9.17, 15) is 9.59 Å². The summed E-state index contributed by atoms with van der Waals surface area (Å²) >= 11 is 1.51. The molecule has 0 bridgehead atoms. The zero-order valence-electron chi connectivity index (χ0n) is 12.2. The maximum absolute atomic E-state index is 12.1. The average molecular weight is 326 g/mol. The van der Waals surface area contributed by atoms with Gasteiger partial charge in [0.2, 0.25) is 5.91 Å². The van der Waals surface area contributed by atoms with Gasteiger partial charge < -0.3 is 5.32 Å². The summed E-state index contributed by atoms with van der Waals surface area (Å²) < 4.78 is 1.28. The lowest BCUT2D eigenvalue weighted by atomic mass is 10.3. The lowest BCUT2D eigenvalue weighted by Crippen LogP contribution is -2.32. The van der Waals surface area contributed by atoms with Crippen molar-refractivity contribution in [3.8, 4) is 10.6 Å². The van der Waals surface area contributed by atoms with Crippen LogP contribution in [0.2, 0.25) is 0 Å². The van der Waals surface area contributed by atoms with E-state index >= 15 is 0 Å². The SMILES string of the molecule is O=C(Cn1cnc(-c2cccs2)cc1=O)NCc1ccccn1. The van der Waals surface area contributed by atoms with Crippen molar-refractivity contribution in [1.29, 1.82) is 0 Å². The zero-order valence-corrected chi connectivity index (χ0v) is 13.0. The Labute approximate surface area is 136 Å². The monoisotopic (exact) mass is 326 g/mol. The van der Waals surface area contributed by atoms with Gasteiger partial charge in [0.05, 0.1) is 29.1 Å². The summed E-state index contributed by atoms with van der Waals surface area (Å²) in [6, 6.07) is 10.7. The first kappa shape index (κ1) is 15.1. The Hall–Kier alpha value is -2.80. The van der Waals surface area contributed by atoms with Crippen molar-refractivity contribution in [3.05, 3.63) is 70.4 Å². The third-order valence-electron chi connectivity index (χ3n) is 3.16. The zero-order chi connectivity index (χ0) is 16.1. The van der Waals surface area contributed by atoms with Crippen molar-refractivity contribution in [2.45, 2.75) is 13.1 Å². The maximum atomic E-state index is 12.1. The fraction of sp³-hybridized carbons (Fsp3) is 0.125. The van der Waals surface area contributed by atoms with Gasteiger partial charge in [0.25, 0.3) is 5.56 Å². The van der Waals surface area contributed by atoms with Gasteiger partial charge in [-0.3, -0.25) is 19.1 Å². The van der Waals surface area contributed by atoms with Crippen LogP contribution in [0.5, 0.6) is 0 Å². The summed E-state index contributed by atoms with van der Waals surface area (Å²) in [7, 11) is 0. The molecule has 1 N–H and O–H groups in total. The molecule has 0 fully saturated rings. The predicted octanol–water partition coefficient (Wildman–Crippen LogP) is 1.68. The molecule has 6 nitrogen and oxygen atoms in total. The highest BCUT2D eigenvalue weighted by Crippen LogP contribution is 2.20. The van der Waals surface area contributed by atoms with Crippen LogP contribution in [-0.4, -0.2) is 20.4 Å². The van der Waals surface area contributed by atoms with E-state index in [1.165, 1.54) is 28.3 Å². The van der Waals surface area contributed by atoms with Crippen molar-refractivity contribution in [1.82, 2.24) is 19.9 Å². The molecular weight excluding hydrogens is 312 g/mol. The third-order valence-corrected chi connectivity index (χ3v) is 4.05. The highest BCUT2D eigenvalue weighted by atomic mass is 32.1. The molecule has 0 aromatic carbocycles. The second-order valence-corrected chi connectivity index (χ2v) is 5.76. The van der Waals surface area contributed by atoms with Gasteiger partial charge in [-0.05, 0) is 23.6 Å². The van der Waals surface area contributed by atoms with E-state index in [0.717, 1.165) is 10.6 Å². The summed E-state index contributed by atoms with van der Waals surface area (Å²) in [4.78, 5) is 33.3. The number of hydrogen-bond acceptors (Lipinski definition) is 5. The van der Waals surface area contributed by atoms with Crippen LogP contribution >= 0.6 is 11.3 Å². The van der Waals surface area contributed by atoms with Crippen molar-refractivity contribution in [2.24, 2.45) is 0 Å². The minimum absolute atomic E-state index is 0.0661. The first-order valence-corrected chi connectivity index (χ1v) is 7.87. The lowest BCUT2D eigenvalue weighted by molar-refractivity contribution is -0.121. The van der Waals surface area contributed by atoms with Crippen molar-refractivity contribution in [3.63, 3.8) is 0 Å². The van der Waals surface area contributed by atoms with Crippen LogP contribution in [-0.2, 0) is 17.9 Å². The van der Waals surface area contributed by atoms with Gasteiger partial charge in [-0.2, -0.15) is 0 Å². The fourth-order valence-electron chi connectivity index (χ4n) is 2.01. The second-order valence-electron chi connectivity index (χ2n) is 4.82. The highest BCUT2D eigenvalue weighted by molar-refractivity contribution is 7.13. The van der Waals surface area contributed by atoms with Crippen LogP contribution in [0.3, 0.4) is 0 Å². The van der Waals surface area contributed by atoms with Crippen LogP contribution in [0.1, 0.15) is 5.69 Å². The molecule has 0 radical (unpaired) electrons. The quantitative estimate of drug-likeness (QED) is 0.774. The number of carbonyl (C=O) groups is 1. The van der Waals surface area contributed by atoms with Crippen LogP contribution in [0.4, 0.5) is 0 Å². The van der Waals surface area contributed by atoms with E-state index in [2.05, 4.69) is 15.3 Å². The smallest absolute Gasteiger partial charge is 0.254 e. The summed E-state index contributed by atoms with van der Waals surface area (Å²) in [5.41, 5.74) is 1.13. The number of nitrogens with one attached hydrogen (secondary N) is 1. The Balaban J connectivity index is 1.63. The minimum atomic E-state index is -0.261. The van der Waals surface area contributed by atoms with Gasteiger partial charge in [0, 0.05) is 12.3 Å². The molecule has 3 heterocycles. The van der Waals surface area contributed by atoms with E-state index in [1.54, 1.807) is 6.20 Å². The van der Waals surface area contributed by atoms with Gasteiger partial charge in [0.1, 0.15) is 6.54 Å². The first-order chi connectivity index (χ1) is 11.2. The third kappa shape index (κ3) is 3.89. The topological polar surface area (TPSA) is 76.9 Å². The Morgan fingerprint density at radius 3 is 2.83 bits per heavy atom. The molecule has 0 spiro atoms. The summed E-state index contributed by atoms with van der Waals surface area (Å²) in [6.45, 7) is 0.262. The standard InChI is InChI=1S/C16H14N4O2S/c21-15(18-9-12-4-1-2-6-17-12)10-20-11-19-13(8-16(20)22)14-5-3-7-23-14/h1-8,11H,9-10H2,(H,18,21). The molecular formula is C16H14N4O2S. The van der Waals surface area contributed by atoms with E-state index in [-0.39, 0.29) is 18.0 Å². The van der Waals surface area contributed by atoms with Crippen molar-refractivity contribution in [2.75, 3.05) is 0 Å². The molecule has 0 aliphatic rings. The Morgan fingerprint density at radius 1 is 1.22 bits per heavy atom. The summed E-state index contributed by atoms with van der Waals surface area (Å²) in [6.07, 6.45) is 3.07. The molecule has 0 aliphatic heterocycles. The molecule has 7 heteroatoms. The van der Waals surface area contributed by atoms with Gasteiger partial charge in [-0.25, -0.2) is 4.98 Å². The molecule has 0 aliphatic carbocycles. The number of nitrogens with zero attached hydrogens (tertiary/aromatic N) is 3. The molecule has 1 amide bonds. The van der Waals surface area contributed by atoms with Gasteiger partial charge >= 0.3 is 0 Å². The molecule has 3 aromatic rings. The number of hydrogen-bond donors (Lipinski definition) is 1. The fourth-order valence-corrected chi connectivity index (χ4v) is 2.70. The Kier molecular flexibility index (Phi) is 4.58. The number of carbonyl (C=O) groups excluding carboxylic acids is 1. The van der Waals surface area contributed by atoms with E-state index in [0.29, 0.717) is 12.2 Å². The van der Waals surface area contributed by atoms with E-state index in [4.69, 9.17) is 0 Å². The van der Waals surface area contributed by atoms with Gasteiger partial charge in [0.15, 0.2) is 0 Å². The average Bonchev–Trinajstić information content (AvgIpc) is 3.10. The molecule has 23 heavy (non-hydrogen) atoms. The molecule has 116 valence electrons. The molecule has 0 saturated heterocycles. The van der Waals surface area contributed by atoms with Crippen LogP contribution in [0.25, 0.3) is 10.6 Å². The first-order valence-electron chi connectivity index (χ1n) is 6.99. The van der Waals surface area contributed by atoms with Crippen LogP contribution in [0.15, 0.2) is 59.1 Å². The Morgan fingerprint density at radius 2 is 2.13 bits per heavy atom. The minimum Gasteiger partial charge on any atom is -0.349 e. The van der Waals surface area contributed by atoms with E-state index < -0.39 is 0 Å².